The van der Waals surface area contributed by atoms with Crippen molar-refractivity contribution in [3.8, 4) is 11.3 Å². The molecule has 3 heterocycles. The van der Waals surface area contributed by atoms with E-state index in [0.29, 0.717) is 18.2 Å². The summed E-state index contributed by atoms with van der Waals surface area (Å²) in [6.45, 7) is 7.41. The van der Waals surface area contributed by atoms with Gasteiger partial charge in [-0.25, -0.2) is 0 Å². The van der Waals surface area contributed by atoms with Crippen molar-refractivity contribution in [2.45, 2.75) is 33.1 Å². The molecule has 1 aliphatic rings. The molecule has 0 radical (unpaired) electrons. The zero-order valence-electron chi connectivity index (χ0n) is 14.4. The molecular formula is C18H25N5O. The monoisotopic (exact) mass is 327 g/mol. The third kappa shape index (κ3) is 4.41. The summed E-state index contributed by atoms with van der Waals surface area (Å²) in [4.78, 5) is 18.9. The van der Waals surface area contributed by atoms with E-state index in [0.717, 1.165) is 23.5 Å². The van der Waals surface area contributed by atoms with Gasteiger partial charge >= 0.3 is 0 Å². The van der Waals surface area contributed by atoms with E-state index in [1.807, 2.05) is 25.1 Å². The molecule has 128 valence electrons. The van der Waals surface area contributed by atoms with E-state index in [2.05, 4.69) is 32.3 Å². The second kappa shape index (κ2) is 7.57. The minimum atomic E-state index is 0.0155. The van der Waals surface area contributed by atoms with Crippen LogP contribution in [0.25, 0.3) is 11.3 Å². The van der Waals surface area contributed by atoms with Crippen LogP contribution in [0.4, 0.5) is 5.82 Å². The summed E-state index contributed by atoms with van der Waals surface area (Å²) < 4.78 is 0. The SMILES string of the molecule is Cc1ccc(-c2cc(NC(=O)CC(C)CN3CCCC3)n[nH]2)cn1. The molecule has 0 aromatic carbocycles. The molecule has 1 aliphatic heterocycles. The van der Waals surface area contributed by atoms with Crippen molar-refractivity contribution in [2.24, 2.45) is 5.92 Å². The highest BCUT2D eigenvalue weighted by Gasteiger charge is 2.17. The number of aromatic amines is 1. The van der Waals surface area contributed by atoms with E-state index in [-0.39, 0.29) is 5.91 Å². The van der Waals surface area contributed by atoms with Gasteiger partial charge in [0.2, 0.25) is 5.91 Å². The van der Waals surface area contributed by atoms with Gasteiger partial charge in [0.05, 0.1) is 5.69 Å². The largest absolute Gasteiger partial charge is 0.309 e. The molecule has 0 bridgehead atoms. The van der Waals surface area contributed by atoms with Crippen LogP contribution in [0.1, 0.15) is 31.9 Å². The predicted molar refractivity (Wildman–Crippen MR) is 94.6 cm³/mol. The van der Waals surface area contributed by atoms with Gasteiger partial charge in [-0.05, 0) is 50.9 Å². The van der Waals surface area contributed by atoms with Gasteiger partial charge in [-0.2, -0.15) is 5.10 Å². The molecular weight excluding hydrogens is 302 g/mol. The zero-order valence-corrected chi connectivity index (χ0v) is 14.4. The number of amides is 1. The first-order valence-corrected chi connectivity index (χ1v) is 8.61. The Morgan fingerprint density at radius 2 is 2.17 bits per heavy atom. The first-order chi connectivity index (χ1) is 11.6. The topological polar surface area (TPSA) is 73.9 Å². The maximum absolute atomic E-state index is 12.2. The summed E-state index contributed by atoms with van der Waals surface area (Å²) in [5.41, 5.74) is 2.78. The van der Waals surface area contributed by atoms with Gasteiger partial charge in [-0.15, -0.1) is 0 Å². The summed E-state index contributed by atoms with van der Waals surface area (Å²) >= 11 is 0. The number of pyridine rings is 1. The lowest BCUT2D eigenvalue weighted by Gasteiger charge is -2.19. The Labute approximate surface area is 142 Å². The van der Waals surface area contributed by atoms with Crippen LogP contribution in [-0.4, -0.2) is 45.6 Å². The number of aryl methyl sites for hydroxylation is 1. The van der Waals surface area contributed by atoms with Crippen molar-refractivity contribution >= 4 is 11.7 Å². The van der Waals surface area contributed by atoms with Crippen LogP contribution in [0.5, 0.6) is 0 Å². The number of H-pyrrole nitrogens is 1. The Morgan fingerprint density at radius 1 is 1.38 bits per heavy atom. The highest BCUT2D eigenvalue weighted by Crippen LogP contribution is 2.19. The van der Waals surface area contributed by atoms with Gasteiger partial charge in [0, 0.05) is 36.5 Å². The quantitative estimate of drug-likeness (QED) is 0.855. The molecule has 1 unspecified atom stereocenters. The fourth-order valence-electron chi connectivity index (χ4n) is 3.14. The number of rotatable bonds is 6. The molecule has 3 rings (SSSR count). The van der Waals surface area contributed by atoms with Crippen LogP contribution in [0.15, 0.2) is 24.4 Å². The molecule has 1 amide bonds. The summed E-state index contributed by atoms with van der Waals surface area (Å²) in [5.74, 6) is 0.925. The van der Waals surface area contributed by atoms with Crippen molar-refractivity contribution in [1.29, 1.82) is 0 Å². The molecule has 2 aromatic heterocycles. The summed E-state index contributed by atoms with van der Waals surface area (Å²) in [7, 11) is 0. The minimum Gasteiger partial charge on any atom is -0.309 e. The van der Waals surface area contributed by atoms with Crippen molar-refractivity contribution in [3.05, 3.63) is 30.1 Å². The fourth-order valence-corrected chi connectivity index (χ4v) is 3.14. The average molecular weight is 327 g/mol. The number of aromatic nitrogens is 3. The lowest BCUT2D eigenvalue weighted by atomic mass is 10.1. The van der Waals surface area contributed by atoms with Crippen LogP contribution in [-0.2, 0) is 4.79 Å². The number of hydrogen-bond donors (Lipinski definition) is 2. The van der Waals surface area contributed by atoms with Crippen LogP contribution < -0.4 is 5.32 Å². The lowest BCUT2D eigenvalue weighted by Crippen LogP contribution is -2.27. The third-order valence-corrected chi connectivity index (χ3v) is 4.37. The summed E-state index contributed by atoms with van der Waals surface area (Å²) in [5, 5.41) is 10.00. The highest BCUT2D eigenvalue weighted by molar-refractivity contribution is 5.90. The zero-order chi connectivity index (χ0) is 16.9. The van der Waals surface area contributed by atoms with Crippen LogP contribution in [0.3, 0.4) is 0 Å². The normalized spacial score (nSPS) is 16.2. The smallest absolute Gasteiger partial charge is 0.225 e. The van der Waals surface area contributed by atoms with E-state index in [1.54, 1.807) is 6.20 Å². The van der Waals surface area contributed by atoms with Crippen LogP contribution in [0.2, 0.25) is 0 Å². The first-order valence-electron chi connectivity index (χ1n) is 8.61. The molecule has 2 N–H and O–H groups in total. The predicted octanol–water partition coefficient (Wildman–Crippen LogP) is 2.84. The van der Waals surface area contributed by atoms with Crippen molar-refractivity contribution in [2.75, 3.05) is 25.0 Å². The molecule has 0 aliphatic carbocycles. The van der Waals surface area contributed by atoms with E-state index >= 15 is 0 Å². The Hall–Kier alpha value is -2.21. The molecule has 1 atom stereocenters. The standard InChI is InChI=1S/C18H25N5O/c1-13(12-23-7-3-4-8-23)9-18(24)20-17-10-16(21-22-17)15-6-5-14(2)19-11-15/h5-6,10-11,13H,3-4,7-9,12H2,1-2H3,(H2,20,21,22,24). The maximum Gasteiger partial charge on any atom is 0.225 e. The molecule has 6 heteroatoms. The number of anilines is 1. The van der Waals surface area contributed by atoms with E-state index in [4.69, 9.17) is 0 Å². The number of carbonyl (C=O) groups is 1. The Bertz CT molecular complexity index is 673. The average Bonchev–Trinajstić information content (AvgIpc) is 3.19. The van der Waals surface area contributed by atoms with Gasteiger partial charge in [-0.3, -0.25) is 14.9 Å². The molecule has 2 aromatic rings. The number of hydrogen-bond acceptors (Lipinski definition) is 4. The third-order valence-electron chi connectivity index (χ3n) is 4.37. The van der Waals surface area contributed by atoms with Crippen LogP contribution in [0, 0.1) is 12.8 Å². The van der Waals surface area contributed by atoms with Crippen LogP contribution >= 0.6 is 0 Å². The molecule has 0 spiro atoms. The van der Waals surface area contributed by atoms with Gasteiger partial charge in [0.1, 0.15) is 0 Å². The second-order valence-corrected chi connectivity index (χ2v) is 6.72. The molecule has 6 nitrogen and oxygen atoms in total. The highest BCUT2D eigenvalue weighted by atomic mass is 16.1. The summed E-state index contributed by atoms with van der Waals surface area (Å²) in [6.07, 6.45) is 4.88. The van der Waals surface area contributed by atoms with E-state index in [1.165, 1.54) is 25.9 Å². The lowest BCUT2D eigenvalue weighted by molar-refractivity contribution is -0.117. The van der Waals surface area contributed by atoms with Crippen molar-refractivity contribution < 1.29 is 4.79 Å². The van der Waals surface area contributed by atoms with E-state index in [9.17, 15) is 4.79 Å². The molecule has 1 saturated heterocycles. The van der Waals surface area contributed by atoms with E-state index < -0.39 is 0 Å². The number of nitrogens with one attached hydrogen (secondary N) is 2. The number of likely N-dealkylation sites (tertiary alicyclic amines) is 1. The number of nitrogens with zero attached hydrogens (tertiary/aromatic N) is 3. The van der Waals surface area contributed by atoms with Gasteiger partial charge in [0.25, 0.3) is 0 Å². The fraction of sp³-hybridized carbons (Fsp3) is 0.500. The number of carbonyl (C=O) groups excluding carboxylic acids is 1. The maximum atomic E-state index is 12.2. The molecule has 1 fully saturated rings. The Balaban J connectivity index is 1.52. The van der Waals surface area contributed by atoms with Crippen molar-refractivity contribution in [1.82, 2.24) is 20.1 Å². The minimum absolute atomic E-state index is 0.0155. The van der Waals surface area contributed by atoms with Gasteiger partial charge < -0.3 is 10.2 Å². The van der Waals surface area contributed by atoms with Gasteiger partial charge in [0.15, 0.2) is 5.82 Å². The molecule has 0 saturated carbocycles. The summed E-state index contributed by atoms with van der Waals surface area (Å²) in [6, 6.07) is 5.78. The first kappa shape index (κ1) is 16.6. The Kier molecular flexibility index (Phi) is 5.25. The Morgan fingerprint density at radius 3 is 2.88 bits per heavy atom. The van der Waals surface area contributed by atoms with Crippen molar-refractivity contribution in [3.63, 3.8) is 0 Å². The van der Waals surface area contributed by atoms with Gasteiger partial charge in [-0.1, -0.05) is 6.92 Å². The second-order valence-electron chi connectivity index (χ2n) is 6.72. The molecule has 24 heavy (non-hydrogen) atoms.